The van der Waals surface area contributed by atoms with E-state index in [1.165, 1.54) is 6.92 Å². The van der Waals surface area contributed by atoms with Crippen molar-refractivity contribution in [2.75, 3.05) is 13.5 Å². The molecule has 12 heteroatoms. The molecule has 1 amide bonds. The Morgan fingerprint density at radius 1 is 1.00 bits per heavy atom. The molecular weight excluding hydrogens is 437 g/mol. The van der Waals surface area contributed by atoms with E-state index in [4.69, 9.17) is 24.5 Å². The number of nitrogens with two attached hydrogens (primary N) is 1. The first-order chi connectivity index (χ1) is 14.0. The zero-order chi connectivity index (χ0) is 20.8. The van der Waals surface area contributed by atoms with Crippen LogP contribution in [0.25, 0.3) is 0 Å². The molecule has 9 nitrogen and oxygen atoms in total. The summed E-state index contributed by atoms with van der Waals surface area (Å²) in [6, 6.07) is 10.9. The van der Waals surface area contributed by atoms with Gasteiger partial charge in [-0.1, -0.05) is 39.1 Å². The summed E-state index contributed by atoms with van der Waals surface area (Å²) in [6.07, 6.45) is 0. The van der Waals surface area contributed by atoms with Gasteiger partial charge in [0.1, 0.15) is 18.2 Å². The Morgan fingerprint density at radius 2 is 1.47 bits per heavy atom. The van der Waals surface area contributed by atoms with Gasteiger partial charge in [0, 0.05) is 17.8 Å². The Kier molecular flexibility index (Phi) is 13.0. The van der Waals surface area contributed by atoms with Crippen LogP contribution in [-0.4, -0.2) is 43.7 Å². The lowest BCUT2D eigenvalue weighted by atomic mass is 9.79. The molecule has 2 aliphatic rings. The Morgan fingerprint density at radius 3 is 1.91 bits per heavy atom. The molecule has 176 valence electrons. The number of carbonyl (C=O) groups is 1. The fourth-order valence-electron chi connectivity index (χ4n) is 3.05. The second kappa shape index (κ2) is 14.0. The van der Waals surface area contributed by atoms with Crippen LogP contribution < -0.4 is 31.4 Å². The third-order valence-corrected chi connectivity index (χ3v) is 4.39. The molecule has 2 aromatic rings. The van der Waals surface area contributed by atoms with E-state index in [0.29, 0.717) is 35.6 Å². The topological polar surface area (TPSA) is 132 Å². The molecule has 0 aliphatic carbocycles. The van der Waals surface area contributed by atoms with E-state index >= 15 is 0 Å². The first kappa shape index (κ1) is 29.7. The number of amides is 1. The van der Waals surface area contributed by atoms with Gasteiger partial charge in [0.05, 0.1) is 13.2 Å². The van der Waals surface area contributed by atoms with Gasteiger partial charge in [-0.15, -0.1) is 12.4 Å². The molecule has 2 heterocycles. The van der Waals surface area contributed by atoms with Gasteiger partial charge in [-0.25, -0.2) is 0 Å². The van der Waals surface area contributed by atoms with E-state index in [2.05, 4.69) is 5.32 Å². The summed E-state index contributed by atoms with van der Waals surface area (Å²) in [4.78, 5) is 10.7. The van der Waals surface area contributed by atoms with E-state index in [0.717, 1.165) is 11.1 Å². The SMILES string of the molecule is C.C.CC(=O)NCOc1cccc2c1B(O)OC2.Cl.NCOc1cccc2c1B(O)OC2. The fourth-order valence-corrected chi connectivity index (χ4v) is 3.05. The van der Waals surface area contributed by atoms with Crippen LogP contribution in [0, 0.1) is 0 Å². The molecule has 4 rings (SSSR count). The monoisotopic (exact) mass is 468 g/mol. The molecule has 0 radical (unpaired) electrons. The summed E-state index contributed by atoms with van der Waals surface area (Å²) in [7, 11) is -1.82. The van der Waals surface area contributed by atoms with Crippen molar-refractivity contribution in [3.05, 3.63) is 47.5 Å². The normalized spacial score (nSPS) is 12.6. The number of ether oxygens (including phenoxy) is 2. The number of hydrogen-bond acceptors (Lipinski definition) is 8. The standard InChI is InChI=1S/C10H12BNO4.C8H10BNO3.2CH4.ClH/c1-7(13)12-6-15-9-4-2-3-8-5-16-11(14)10(8)9;10-5-12-7-3-1-2-6-4-13-9(11)8(6)7;;;/h2-4,14H,5-6H2,1H3,(H,12,13);1-3,11H,4-5,10H2;2*1H4;1H. The fraction of sp³-hybridized carbons (Fsp3) is 0.350. The second-order valence-electron chi connectivity index (χ2n) is 6.32. The van der Waals surface area contributed by atoms with Gasteiger partial charge in [-0.3, -0.25) is 10.5 Å². The lowest BCUT2D eigenvalue weighted by Gasteiger charge is -2.10. The van der Waals surface area contributed by atoms with Crippen LogP contribution in [0.5, 0.6) is 11.5 Å². The maximum absolute atomic E-state index is 10.7. The van der Waals surface area contributed by atoms with Crippen LogP contribution in [0.4, 0.5) is 0 Å². The molecule has 0 bridgehead atoms. The highest BCUT2D eigenvalue weighted by Crippen LogP contribution is 2.18. The summed E-state index contributed by atoms with van der Waals surface area (Å²) in [5.74, 6) is 0.977. The van der Waals surface area contributed by atoms with Gasteiger partial charge in [0.15, 0.2) is 6.73 Å². The minimum atomic E-state index is -0.941. The van der Waals surface area contributed by atoms with E-state index in [1.54, 1.807) is 12.1 Å². The molecule has 2 aliphatic heterocycles. The molecule has 2 aromatic carbocycles. The third-order valence-electron chi connectivity index (χ3n) is 4.39. The van der Waals surface area contributed by atoms with Crippen LogP contribution in [-0.2, 0) is 27.3 Å². The van der Waals surface area contributed by atoms with Crippen molar-refractivity contribution < 1.29 is 33.6 Å². The van der Waals surface area contributed by atoms with Crippen LogP contribution in [0.2, 0.25) is 0 Å². The number of rotatable bonds is 5. The zero-order valence-electron chi connectivity index (χ0n) is 16.4. The molecule has 0 spiro atoms. The van der Waals surface area contributed by atoms with E-state index in [1.807, 2.05) is 24.3 Å². The summed E-state index contributed by atoms with van der Waals surface area (Å²) in [5, 5.41) is 21.5. The number of fused-ring (bicyclic) bond motifs is 2. The number of nitrogens with one attached hydrogen (secondary N) is 1. The van der Waals surface area contributed by atoms with Gasteiger partial charge >= 0.3 is 14.2 Å². The smallest absolute Gasteiger partial charge is 0.479 e. The molecule has 5 N–H and O–H groups in total. The Bertz CT molecular complexity index is 876. The van der Waals surface area contributed by atoms with Crippen molar-refractivity contribution in [3.8, 4) is 11.5 Å². The van der Waals surface area contributed by atoms with E-state index < -0.39 is 14.2 Å². The summed E-state index contributed by atoms with van der Waals surface area (Å²) in [6.45, 7) is 2.41. The summed E-state index contributed by atoms with van der Waals surface area (Å²) < 4.78 is 20.6. The number of benzene rings is 2. The molecule has 32 heavy (non-hydrogen) atoms. The highest BCUT2D eigenvalue weighted by Gasteiger charge is 2.31. The first-order valence-corrected chi connectivity index (χ1v) is 9.04. The maximum atomic E-state index is 10.7. The van der Waals surface area contributed by atoms with Crippen LogP contribution >= 0.6 is 12.4 Å². The molecule has 0 unspecified atom stereocenters. The van der Waals surface area contributed by atoms with Crippen molar-refractivity contribution in [3.63, 3.8) is 0 Å². The molecule has 0 saturated carbocycles. The number of halogens is 1. The predicted octanol–water partition coefficient (Wildman–Crippen LogP) is 0.270. The lowest BCUT2D eigenvalue weighted by molar-refractivity contribution is -0.119. The third kappa shape index (κ3) is 7.13. The van der Waals surface area contributed by atoms with Crippen LogP contribution in [0.3, 0.4) is 0 Å². The average Bonchev–Trinajstić information content (AvgIpc) is 3.27. The van der Waals surface area contributed by atoms with Crippen LogP contribution in [0.15, 0.2) is 36.4 Å². The molecule has 0 saturated heterocycles. The Hall–Kier alpha value is -2.27. The average molecular weight is 469 g/mol. The quantitative estimate of drug-likeness (QED) is 0.363. The minimum Gasteiger partial charge on any atom is -0.479 e. The first-order valence-electron chi connectivity index (χ1n) is 9.04. The molecule has 0 fully saturated rings. The lowest BCUT2D eigenvalue weighted by Crippen LogP contribution is -2.32. The summed E-state index contributed by atoms with van der Waals surface area (Å²) in [5.41, 5.74) is 8.47. The summed E-state index contributed by atoms with van der Waals surface area (Å²) >= 11 is 0. The van der Waals surface area contributed by atoms with E-state index in [-0.39, 0.29) is 46.6 Å². The van der Waals surface area contributed by atoms with E-state index in [9.17, 15) is 14.8 Å². The highest BCUT2D eigenvalue weighted by molar-refractivity contribution is 6.63. The van der Waals surface area contributed by atoms with Gasteiger partial charge in [0.25, 0.3) is 0 Å². The molecule has 0 aromatic heterocycles. The highest BCUT2D eigenvalue weighted by atomic mass is 35.5. The zero-order valence-corrected chi connectivity index (χ0v) is 17.2. The van der Waals surface area contributed by atoms with Crippen molar-refractivity contribution >= 4 is 43.5 Å². The predicted molar refractivity (Wildman–Crippen MR) is 127 cm³/mol. The van der Waals surface area contributed by atoms with Gasteiger partial charge in [-0.2, -0.15) is 0 Å². The number of hydrogen-bond donors (Lipinski definition) is 4. The van der Waals surface area contributed by atoms with Crippen molar-refractivity contribution in [2.45, 2.75) is 35.0 Å². The minimum absolute atomic E-state index is 0. The second-order valence-corrected chi connectivity index (χ2v) is 6.32. The molecule has 0 atom stereocenters. The van der Waals surface area contributed by atoms with Gasteiger partial charge in [0.2, 0.25) is 5.91 Å². The maximum Gasteiger partial charge on any atom is 0.495 e. The number of carbonyl (C=O) groups excluding carboxylic acids is 1. The van der Waals surface area contributed by atoms with Crippen molar-refractivity contribution in [2.24, 2.45) is 5.73 Å². The largest absolute Gasteiger partial charge is 0.495 e. The van der Waals surface area contributed by atoms with Crippen LogP contribution in [0.1, 0.15) is 32.9 Å². The Labute approximate surface area is 195 Å². The van der Waals surface area contributed by atoms with Gasteiger partial charge in [-0.05, 0) is 23.3 Å². The van der Waals surface area contributed by atoms with Crippen molar-refractivity contribution in [1.82, 2.24) is 5.32 Å². The molecular formula is C20H31B2ClN2O7. The van der Waals surface area contributed by atoms with Crippen molar-refractivity contribution in [1.29, 1.82) is 0 Å². The van der Waals surface area contributed by atoms with Gasteiger partial charge < -0.3 is 34.1 Å². The Balaban J connectivity index is 0.000000558.